The molecule has 0 saturated heterocycles. The number of phenolic OH excluding ortho intramolecular Hbond substituents is 1. The van der Waals surface area contributed by atoms with Crippen molar-refractivity contribution in [2.45, 2.75) is 6.92 Å². The van der Waals surface area contributed by atoms with Gasteiger partial charge in [-0.1, -0.05) is 0 Å². The molecule has 3 aromatic rings. The summed E-state index contributed by atoms with van der Waals surface area (Å²) in [5, 5.41) is 9.41. The highest BCUT2D eigenvalue weighted by Crippen LogP contribution is 2.43. The third kappa shape index (κ3) is 2.15. The van der Waals surface area contributed by atoms with E-state index in [0.29, 0.717) is 5.69 Å². The van der Waals surface area contributed by atoms with Crippen molar-refractivity contribution in [1.29, 1.82) is 0 Å². The summed E-state index contributed by atoms with van der Waals surface area (Å²) >= 11 is 0. The van der Waals surface area contributed by atoms with E-state index in [0.717, 1.165) is 6.07 Å². The lowest BCUT2D eigenvalue weighted by Crippen LogP contribution is -2.22. The van der Waals surface area contributed by atoms with Gasteiger partial charge in [-0.05, 0) is 25.1 Å². The van der Waals surface area contributed by atoms with Crippen LogP contribution < -0.4 is 10.2 Å². The highest BCUT2D eigenvalue weighted by Gasteiger charge is 2.29. The number of carbonyl (C=O) groups excluding carboxylic acids is 1. The highest BCUT2D eigenvalue weighted by atomic mass is 19.2. The van der Waals surface area contributed by atoms with E-state index in [4.69, 9.17) is 9.47 Å². The topological polar surface area (TPSA) is 77.8 Å². The lowest BCUT2D eigenvalue weighted by molar-refractivity contribution is 0.0524. The third-order valence-electron chi connectivity index (χ3n) is 4.05. The number of phenols is 1. The Labute approximate surface area is 144 Å². The lowest BCUT2D eigenvalue weighted by Gasteiger charge is -2.24. The summed E-state index contributed by atoms with van der Waals surface area (Å²) < 4.78 is 39.9. The fraction of sp³-hybridized carbons (Fsp3) is 0.111. The van der Waals surface area contributed by atoms with Crippen LogP contribution in [0.1, 0.15) is 17.3 Å². The number of ether oxygens (including phenoxy) is 2. The van der Waals surface area contributed by atoms with Crippen LogP contribution in [0.15, 0.2) is 35.3 Å². The summed E-state index contributed by atoms with van der Waals surface area (Å²) in [7, 11) is 0. The Hall–Kier alpha value is -3.42. The highest BCUT2D eigenvalue weighted by molar-refractivity contribution is 5.97. The summed E-state index contributed by atoms with van der Waals surface area (Å²) in [5.74, 6) is -4.04. The first kappa shape index (κ1) is 16.1. The Kier molecular flexibility index (Phi) is 3.43. The molecule has 2 heterocycles. The zero-order chi connectivity index (χ0) is 18.6. The van der Waals surface area contributed by atoms with Crippen LogP contribution in [0.3, 0.4) is 0 Å². The van der Waals surface area contributed by atoms with Crippen molar-refractivity contribution in [3.63, 3.8) is 0 Å². The van der Waals surface area contributed by atoms with Gasteiger partial charge in [0.2, 0.25) is 11.2 Å². The van der Waals surface area contributed by atoms with Crippen LogP contribution in [0.2, 0.25) is 0 Å². The number of halogens is 2. The Balaban J connectivity index is 2.16. The van der Waals surface area contributed by atoms with Crippen LogP contribution in [0.25, 0.3) is 16.6 Å². The fourth-order valence-corrected chi connectivity index (χ4v) is 2.93. The number of hydrogen-bond donors (Lipinski definition) is 1. The monoisotopic (exact) mass is 359 g/mol. The molecule has 4 rings (SSSR count). The Morgan fingerprint density at radius 2 is 2.08 bits per heavy atom. The van der Waals surface area contributed by atoms with Gasteiger partial charge in [0.25, 0.3) is 0 Å². The number of benzene rings is 2. The number of aromatic nitrogens is 1. The van der Waals surface area contributed by atoms with Gasteiger partial charge in [-0.15, -0.1) is 0 Å². The van der Waals surface area contributed by atoms with E-state index >= 15 is 0 Å². The van der Waals surface area contributed by atoms with Crippen molar-refractivity contribution in [2.24, 2.45) is 0 Å². The maximum atomic E-state index is 14.3. The lowest BCUT2D eigenvalue weighted by atomic mass is 10.1. The molecule has 0 aliphatic carbocycles. The maximum absolute atomic E-state index is 14.3. The molecule has 8 heteroatoms. The van der Waals surface area contributed by atoms with Crippen LogP contribution in [0.4, 0.5) is 8.78 Å². The molecular formula is C18H11F2NO5. The van der Waals surface area contributed by atoms with Gasteiger partial charge in [-0.25, -0.2) is 9.18 Å². The third-order valence-corrected chi connectivity index (χ3v) is 4.05. The van der Waals surface area contributed by atoms with Crippen molar-refractivity contribution in [3.05, 3.63) is 57.9 Å². The van der Waals surface area contributed by atoms with Crippen molar-refractivity contribution >= 4 is 16.9 Å². The predicted molar refractivity (Wildman–Crippen MR) is 87.2 cm³/mol. The SMILES string of the molecule is CCOC(=O)c1cn2c3c(c(F)c(F)cc3c1=O)Oc1cc(O)ccc1-2. The van der Waals surface area contributed by atoms with Gasteiger partial charge < -0.3 is 19.1 Å². The molecule has 132 valence electrons. The van der Waals surface area contributed by atoms with E-state index in [1.807, 2.05) is 0 Å². The maximum Gasteiger partial charge on any atom is 0.343 e. The largest absolute Gasteiger partial charge is 0.508 e. The Bertz CT molecular complexity index is 1150. The minimum absolute atomic E-state index is 0.0138. The fourth-order valence-electron chi connectivity index (χ4n) is 2.93. The quantitative estimate of drug-likeness (QED) is 0.556. The second-order valence-electron chi connectivity index (χ2n) is 5.61. The summed E-state index contributed by atoms with van der Waals surface area (Å²) in [6.45, 7) is 1.63. The van der Waals surface area contributed by atoms with Crippen LogP contribution >= 0.6 is 0 Å². The number of pyridine rings is 1. The van der Waals surface area contributed by atoms with Gasteiger partial charge in [0, 0.05) is 12.3 Å². The van der Waals surface area contributed by atoms with Crippen LogP contribution in [0, 0.1) is 11.6 Å². The van der Waals surface area contributed by atoms with Gasteiger partial charge in [0.15, 0.2) is 17.3 Å². The van der Waals surface area contributed by atoms with Crippen molar-refractivity contribution in [2.75, 3.05) is 6.61 Å². The van der Waals surface area contributed by atoms with Gasteiger partial charge in [-0.2, -0.15) is 4.39 Å². The molecular weight excluding hydrogens is 348 g/mol. The number of nitrogens with zero attached hydrogens (tertiary/aromatic N) is 1. The van der Waals surface area contributed by atoms with Crippen LogP contribution in [0.5, 0.6) is 17.2 Å². The molecule has 0 saturated carbocycles. The van der Waals surface area contributed by atoms with E-state index < -0.39 is 28.8 Å². The van der Waals surface area contributed by atoms with Crippen LogP contribution in [-0.2, 0) is 4.74 Å². The van der Waals surface area contributed by atoms with E-state index in [1.165, 1.54) is 29.0 Å². The Morgan fingerprint density at radius 3 is 2.81 bits per heavy atom. The van der Waals surface area contributed by atoms with E-state index in [9.17, 15) is 23.5 Å². The average Bonchev–Trinajstić information content (AvgIpc) is 2.61. The smallest absolute Gasteiger partial charge is 0.343 e. The molecule has 0 fully saturated rings. The number of carbonyl (C=O) groups is 1. The standard InChI is InChI=1S/C18H11F2NO5/c1-2-25-18(24)10-7-21-12-4-3-8(22)5-13(12)26-17-14(20)11(19)6-9(15(17)21)16(10)23/h3-7,22H,2H2,1H3. The molecule has 1 N–H and O–H groups in total. The van der Waals surface area contributed by atoms with Crippen LogP contribution in [-0.4, -0.2) is 22.2 Å². The zero-order valence-electron chi connectivity index (χ0n) is 13.4. The van der Waals surface area contributed by atoms with Crippen molar-refractivity contribution in [3.8, 4) is 22.9 Å². The number of rotatable bonds is 2. The molecule has 1 aliphatic heterocycles. The molecule has 0 atom stereocenters. The van der Waals surface area contributed by atoms with Crippen molar-refractivity contribution in [1.82, 2.24) is 4.57 Å². The second kappa shape index (κ2) is 5.55. The summed E-state index contributed by atoms with van der Waals surface area (Å²) in [4.78, 5) is 24.7. The predicted octanol–water partition coefficient (Wildman–Crippen LogP) is 3.26. The molecule has 0 spiro atoms. The zero-order valence-corrected chi connectivity index (χ0v) is 13.4. The second-order valence-corrected chi connectivity index (χ2v) is 5.61. The van der Waals surface area contributed by atoms with Gasteiger partial charge in [-0.3, -0.25) is 4.79 Å². The molecule has 1 aromatic heterocycles. The molecule has 0 bridgehead atoms. The van der Waals surface area contributed by atoms with Crippen molar-refractivity contribution < 1.29 is 28.2 Å². The molecule has 0 unspecified atom stereocenters. The van der Waals surface area contributed by atoms with Gasteiger partial charge in [0.05, 0.1) is 17.7 Å². The molecule has 6 nitrogen and oxygen atoms in total. The normalized spacial score (nSPS) is 11.8. The summed E-state index contributed by atoms with van der Waals surface area (Å²) in [5.41, 5.74) is -0.782. The first-order chi connectivity index (χ1) is 12.4. The number of aromatic hydroxyl groups is 1. The molecule has 1 aliphatic rings. The van der Waals surface area contributed by atoms with E-state index in [1.54, 1.807) is 6.92 Å². The molecule has 0 amide bonds. The minimum Gasteiger partial charge on any atom is -0.508 e. The first-order valence-corrected chi connectivity index (χ1v) is 7.68. The van der Waals surface area contributed by atoms with Gasteiger partial charge >= 0.3 is 5.97 Å². The molecule has 0 radical (unpaired) electrons. The molecule has 2 aromatic carbocycles. The Morgan fingerprint density at radius 1 is 1.31 bits per heavy atom. The number of hydrogen-bond acceptors (Lipinski definition) is 5. The first-order valence-electron chi connectivity index (χ1n) is 7.68. The molecule has 26 heavy (non-hydrogen) atoms. The number of esters is 1. The van der Waals surface area contributed by atoms with Gasteiger partial charge in [0.1, 0.15) is 16.8 Å². The van der Waals surface area contributed by atoms with E-state index in [-0.39, 0.29) is 34.6 Å². The number of fused-ring (bicyclic) bond motifs is 2. The minimum atomic E-state index is -1.29. The summed E-state index contributed by atoms with van der Waals surface area (Å²) in [6, 6.07) is 4.77. The van der Waals surface area contributed by atoms with E-state index in [2.05, 4.69) is 0 Å². The summed E-state index contributed by atoms with van der Waals surface area (Å²) in [6.07, 6.45) is 1.20. The average molecular weight is 359 g/mol.